The number of nitrogens with one attached hydrogen (secondary N) is 1. The first kappa shape index (κ1) is 84.4. The Morgan fingerprint density at radius 1 is 0.438 bits per heavy atom. The van der Waals surface area contributed by atoms with Crippen molar-refractivity contribution in [3.8, 4) is 0 Å². The van der Waals surface area contributed by atoms with Crippen molar-refractivity contribution in [3.63, 3.8) is 0 Å². The highest BCUT2D eigenvalue weighted by molar-refractivity contribution is 5.80. The Balaban J connectivity index is 2.50. The van der Waals surface area contributed by atoms with Crippen molar-refractivity contribution in [2.75, 3.05) is 13.2 Å². The van der Waals surface area contributed by atoms with Gasteiger partial charge in [0.2, 0.25) is 5.91 Å². The van der Waals surface area contributed by atoms with Gasteiger partial charge in [0.15, 0.2) is 12.4 Å². The molecule has 8 unspecified atom stereocenters. The van der Waals surface area contributed by atoms with Gasteiger partial charge in [0.1, 0.15) is 24.4 Å². The Hall–Kier alpha value is -2.64. The quantitative estimate of drug-likeness (QED) is 0.0195. The second-order valence-electron chi connectivity index (χ2n) is 26.4. The maximum atomic E-state index is 13.5. The lowest BCUT2D eigenvalue weighted by atomic mass is 9.99. The summed E-state index contributed by atoms with van der Waals surface area (Å²) in [5.41, 5.74) is 0. The molecule has 1 aliphatic heterocycles. The van der Waals surface area contributed by atoms with E-state index in [2.05, 4.69) is 74.7 Å². The van der Waals surface area contributed by atoms with Gasteiger partial charge in [-0.3, -0.25) is 9.59 Å². The normalized spacial score (nSPS) is 18.4. The van der Waals surface area contributed by atoms with E-state index in [1.807, 2.05) is 6.08 Å². The number of aliphatic hydroxyl groups excluding tert-OH is 5. The number of hydrogen-bond acceptors (Lipinski definition) is 10. The van der Waals surface area contributed by atoms with Crippen molar-refractivity contribution in [1.82, 2.24) is 5.32 Å². The second-order valence-corrected chi connectivity index (χ2v) is 26.4. The average molecular weight is 1250 g/mol. The predicted octanol–water partition coefficient (Wildman–Crippen LogP) is 20.1. The molecule has 11 nitrogen and oxygen atoms in total. The Bertz CT molecular complexity index is 1680. The van der Waals surface area contributed by atoms with Gasteiger partial charge in [-0.25, -0.2) is 0 Å². The highest BCUT2D eigenvalue weighted by atomic mass is 16.7. The summed E-state index contributed by atoms with van der Waals surface area (Å²) in [6.45, 7) is 5.80. The molecule has 0 saturated carbocycles. The molecule has 1 fully saturated rings. The number of esters is 1. The third kappa shape index (κ3) is 52.4. The number of ether oxygens (including phenoxy) is 3. The lowest BCUT2D eigenvalue weighted by molar-refractivity contribution is -0.305. The smallest absolute Gasteiger partial charge is 0.306 e. The molecule has 0 radical (unpaired) electrons. The lowest BCUT2D eigenvalue weighted by Gasteiger charge is -2.41. The molecule has 0 bridgehead atoms. The molecule has 0 aromatic carbocycles. The van der Waals surface area contributed by atoms with E-state index in [4.69, 9.17) is 14.2 Å². The highest BCUT2D eigenvalue weighted by Crippen LogP contribution is 2.26. The topological polar surface area (TPSA) is 175 Å². The van der Waals surface area contributed by atoms with Crippen molar-refractivity contribution in [2.45, 2.75) is 410 Å². The molecule has 0 aromatic rings. The zero-order valence-electron chi connectivity index (χ0n) is 58.1. The van der Waals surface area contributed by atoms with Crippen LogP contribution in [0.1, 0.15) is 361 Å². The van der Waals surface area contributed by atoms with E-state index < -0.39 is 67.4 Å². The number of aliphatic hydroxyl groups is 5. The first-order valence-corrected chi connectivity index (χ1v) is 38.1. The van der Waals surface area contributed by atoms with Crippen LogP contribution in [0, 0.1) is 0 Å². The first-order chi connectivity index (χ1) is 43.7. The van der Waals surface area contributed by atoms with Crippen molar-refractivity contribution >= 4 is 11.9 Å². The van der Waals surface area contributed by atoms with Gasteiger partial charge in [-0.2, -0.15) is 0 Å². The standard InChI is InChI=1S/C78H143NO10/c1-4-7-10-13-16-19-22-24-26-28-30-32-34-35-36-37-38-40-42-44-46-48-51-54-57-60-63-66-73(83)89-76-75(85)74(84)72(67-80)88-78(76)87-68-69(70(81)64-61-58-55-52-49-21-18-15-12-9-6-3)79-77(86)71(82)65-62-59-56-53-50-47-45-43-41-39-33-31-29-27-25-23-20-17-14-11-8-5-2/h17,20,24-27,31,33,61,64,69-72,74-76,78,80-82,84-85H,4-16,18-19,21-23,28-30,32,34-60,62-63,65-68H2,1-3H3,(H,79,86)/b20-17-,26-24+,27-25-,33-31-,64-61+. The van der Waals surface area contributed by atoms with Crippen molar-refractivity contribution in [2.24, 2.45) is 0 Å². The molecule has 1 rings (SSSR count). The number of allylic oxidation sites excluding steroid dienone is 9. The van der Waals surface area contributed by atoms with E-state index in [9.17, 15) is 35.1 Å². The summed E-state index contributed by atoms with van der Waals surface area (Å²) >= 11 is 0. The minimum atomic E-state index is -1.61. The Morgan fingerprint density at radius 2 is 0.775 bits per heavy atom. The summed E-state index contributed by atoms with van der Waals surface area (Å²) in [6, 6.07) is -1.03. The third-order valence-electron chi connectivity index (χ3n) is 17.9. The van der Waals surface area contributed by atoms with E-state index in [1.54, 1.807) is 6.08 Å². The largest absolute Gasteiger partial charge is 0.454 e. The van der Waals surface area contributed by atoms with E-state index in [0.717, 1.165) is 77.0 Å². The summed E-state index contributed by atoms with van der Waals surface area (Å²) in [6.07, 6.45) is 74.2. The molecule has 6 N–H and O–H groups in total. The van der Waals surface area contributed by atoms with Crippen LogP contribution in [0.5, 0.6) is 0 Å². The van der Waals surface area contributed by atoms with Gasteiger partial charge in [-0.1, -0.05) is 326 Å². The Labute approximate surface area is 548 Å². The lowest BCUT2D eigenvalue weighted by Crippen LogP contribution is -2.61. The molecule has 89 heavy (non-hydrogen) atoms. The minimum Gasteiger partial charge on any atom is -0.454 e. The number of carbonyl (C=O) groups is 2. The van der Waals surface area contributed by atoms with Crippen LogP contribution < -0.4 is 5.32 Å². The third-order valence-corrected chi connectivity index (χ3v) is 17.9. The van der Waals surface area contributed by atoms with E-state index in [0.29, 0.717) is 12.8 Å². The fourth-order valence-electron chi connectivity index (χ4n) is 11.9. The van der Waals surface area contributed by atoms with Gasteiger partial charge in [0.25, 0.3) is 0 Å². The number of amides is 1. The van der Waals surface area contributed by atoms with E-state index in [-0.39, 0.29) is 19.4 Å². The maximum absolute atomic E-state index is 13.5. The molecule has 1 aliphatic rings. The van der Waals surface area contributed by atoms with E-state index >= 15 is 0 Å². The average Bonchev–Trinajstić information content (AvgIpc) is 2.36. The van der Waals surface area contributed by atoms with Gasteiger partial charge in [-0.05, 0) is 89.9 Å². The summed E-state index contributed by atoms with van der Waals surface area (Å²) in [7, 11) is 0. The van der Waals surface area contributed by atoms with Crippen LogP contribution in [0.3, 0.4) is 0 Å². The summed E-state index contributed by atoms with van der Waals surface area (Å²) in [4.78, 5) is 26.7. The van der Waals surface area contributed by atoms with Crippen molar-refractivity contribution < 1.29 is 49.3 Å². The second kappa shape index (κ2) is 65.4. The van der Waals surface area contributed by atoms with Crippen LogP contribution in [0.4, 0.5) is 0 Å². The number of hydrogen-bond donors (Lipinski definition) is 6. The molecule has 0 aromatic heterocycles. The zero-order chi connectivity index (χ0) is 64.6. The Kier molecular flexibility index (Phi) is 62.0. The van der Waals surface area contributed by atoms with E-state index in [1.165, 1.54) is 238 Å². The SMILES string of the molecule is CCCCC/C=C\C/C=C\C/C=C\CCCCCCCCCCCC(O)C(=O)NC(COC1OC(CO)C(O)C(O)C1OC(=O)CCCCCCCCCCCCCCCCCCC/C=C/CCCCCCCC)C(O)/C=C/CCCCCCCCCCC. The molecule has 1 amide bonds. The number of rotatable bonds is 66. The molecule has 0 aliphatic carbocycles. The molecule has 1 heterocycles. The highest BCUT2D eigenvalue weighted by Gasteiger charge is 2.47. The molecule has 8 atom stereocenters. The van der Waals surface area contributed by atoms with Gasteiger partial charge in [-0.15, -0.1) is 0 Å². The van der Waals surface area contributed by atoms with Crippen LogP contribution >= 0.6 is 0 Å². The van der Waals surface area contributed by atoms with Gasteiger partial charge >= 0.3 is 5.97 Å². The van der Waals surface area contributed by atoms with Crippen LogP contribution in [0.25, 0.3) is 0 Å². The number of unbranched alkanes of at least 4 members (excludes halogenated alkanes) is 44. The molecule has 11 heteroatoms. The number of carbonyl (C=O) groups excluding carboxylic acids is 2. The van der Waals surface area contributed by atoms with Crippen molar-refractivity contribution in [3.05, 3.63) is 60.8 Å². The predicted molar refractivity (Wildman–Crippen MR) is 375 cm³/mol. The van der Waals surface area contributed by atoms with Crippen molar-refractivity contribution in [1.29, 1.82) is 0 Å². The molecule has 0 spiro atoms. The maximum Gasteiger partial charge on any atom is 0.306 e. The van der Waals surface area contributed by atoms with Gasteiger partial charge < -0.3 is 45.1 Å². The Morgan fingerprint density at radius 3 is 1.19 bits per heavy atom. The van der Waals surface area contributed by atoms with Crippen LogP contribution in [-0.2, 0) is 23.8 Å². The van der Waals surface area contributed by atoms with Gasteiger partial charge in [0, 0.05) is 6.42 Å². The molecular formula is C78H143NO10. The fourth-order valence-corrected chi connectivity index (χ4v) is 11.9. The summed E-state index contributed by atoms with van der Waals surface area (Å²) < 4.78 is 17.7. The first-order valence-electron chi connectivity index (χ1n) is 38.1. The molecular weight excluding hydrogens is 1110 g/mol. The summed E-state index contributed by atoms with van der Waals surface area (Å²) in [5, 5.41) is 57.3. The minimum absolute atomic E-state index is 0.126. The summed E-state index contributed by atoms with van der Waals surface area (Å²) in [5.74, 6) is -1.19. The monoisotopic (exact) mass is 1250 g/mol. The van der Waals surface area contributed by atoms with Gasteiger partial charge in [0.05, 0.1) is 25.4 Å². The zero-order valence-corrected chi connectivity index (χ0v) is 58.1. The molecule has 1 saturated heterocycles. The van der Waals surface area contributed by atoms with Crippen LogP contribution in [-0.4, -0.2) is 99.6 Å². The fraction of sp³-hybridized carbons (Fsp3) is 0.846. The van der Waals surface area contributed by atoms with Crippen LogP contribution in [0.15, 0.2) is 60.8 Å². The van der Waals surface area contributed by atoms with Crippen LogP contribution in [0.2, 0.25) is 0 Å². The molecule has 520 valence electrons.